The van der Waals surface area contributed by atoms with E-state index in [9.17, 15) is 4.79 Å². The fourth-order valence-electron chi connectivity index (χ4n) is 1.49. The van der Waals surface area contributed by atoms with Crippen LogP contribution in [0, 0.1) is 0 Å². The lowest BCUT2D eigenvalue weighted by Crippen LogP contribution is -2.37. The first-order chi connectivity index (χ1) is 8.26. The predicted molar refractivity (Wildman–Crippen MR) is 65.5 cm³/mol. The topological polar surface area (TPSA) is 58.6 Å². The van der Waals surface area contributed by atoms with Crippen molar-refractivity contribution in [1.29, 1.82) is 0 Å². The van der Waals surface area contributed by atoms with Gasteiger partial charge in [-0.25, -0.2) is 4.79 Å². The Labute approximate surface area is 102 Å². The minimum atomic E-state index is -0.485. The maximum atomic E-state index is 11.4. The average molecular weight is 237 g/mol. The summed E-state index contributed by atoms with van der Waals surface area (Å²) in [6.07, 6.45) is 1.17. The molecule has 4 heteroatoms. The molecule has 2 N–H and O–H groups in total. The summed E-state index contributed by atoms with van der Waals surface area (Å²) in [6, 6.07) is 9.26. The van der Waals surface area contributed by atoms with E-state index in [1.165, 1.54) is 0 Å². The first-order valence-corrected chi connectivity index (χ1v) is 5.84. The van der Waals surface area contributed by atoms with Crippen molar-refractivity contribution in [1.82, 2.24) is 5.32 Å². The van der Waals surface area contributed by atoms with Crippen molar-refractivity contribution in [2.45, 2.75) is 32.4 Å². The van der Waals surface area contributed by atoms with Gasteiger partial charge >= 0.3 is 6.09 Å². The molecule has 1 aromatic carbocycles. The fourth-order valence-corrected chi connectivity index (χ4v) is 1.49. The van der Waals surface area contributed by atoms with E-state index in [1.54, 1.807) is 0 Å². The summed E-state index contributed by atoms with van der Waals surface area (Å²) < 4.78 is 5.05. The van der Waals surface area contributed by atoms with Crippen LogP contribution in [-0.2, 0) is 11.3 Å². The molecule has 1 rings (SSSR count). The molecule has 0 aliphatic heterocycles. The second kappa shape index (κ2) is 7.68. The Bertz CT molecular complexity index is 327. The second-order valence-electron chi connectivity index (χ2n) is 3.87. The zero-order valence-corrected chi connectivity index (χ0v) is 10.1. The molecule has 0 spiro atoms. The highest BCUT2D eigenvalue weighted by Gasteiger charge is 2.10. The summed E-state index contributed by atoms with van der Waals surface area (Å²) in [5.74, 6) is 0. The monoisotopic (exact) mass is 237 g/mol. The molecule has 0 saturated heterocycles. The Kier molecular flexibility index (Phi) is 6.10. The second-order valence-corrected chi connectivity index (χ2v) is 3.87. The number of nitrogens with one attached hydrogen (secondary N) is 1. The smallest absolute Gasteiger partial charge is 0.407 e. The number of aliphatic hydroxyl groups is 1. The van der Waals surface area contributed by atoms with E-state index in [4.69, 9.17) is 9.84 Å². The lowest BCUT2D eigenvalue weighted by molar-refractivity contribution is 0.128. The molecular formula is C13H19NO3. The molecule has 0 radical (unpaired) electrons. The van der Waals surface area contributed by atoms with Gasteiger partial charge in [0.2, 0.25) is 0 Å². The van der Waals surface area contributed by atoms with E-state index in [0.29, 0.717) is 0 Å². The van der Waals surface area contributed by atoms with E-state index in [2.05, 4.69) is 5.32 Å². The fraction of sp³-hybridized carbons (Fsp3) is 0.462. The van der Waals surface area contributed by atoms with Gasteiger partial charge in [-0.05, 0) is 12.0 Å². The molecule has 0 saturated carbocycles. The van der Waals surface area contributed by atoms with Crippen molar-refractivity contribution in [3.63, 3.8) is 0 Å². The van der Waals surface area contributed by atoms with E-state index in [-0.39, 0.29) is 19.3 Å². The summed E-state index contributed by atoms with van der Waals surface area (Å²) in [4.78, 5) is 11.4. The number of carbonyl (C=O) groups excluding carboxylic acids is 1. The molecule has 17 heavy (non-hydrogen) atoms. The Hall–Kier alpha value is -1.55. The quantitative estimate of drug-likeness (QED) is 0.796. The zero-order chi connectivity index (χ0) is 12.5. The number of amides is 1. The molecule has 1 aromatic rings. The molecule has 94 valence electrons. The molecule has 0 bridgehead atoms. The van der Waals surface area contributed by atoms with Crippen LogP contribution in [0.15, 0.2) is 30.3 Å². The van der Waals surface area contributed by atoms with Crippen LogP contribution in [0.25, 0.3) is 0 Å². The van der Waals surface area contributed by atoms with Gasteiger partial charge in [0.1, 0.15) is 6.61 Å². The highest BCUT2D eigenvalue weighted by Crippen LogP contribution is 2.01. The first-order valence-electron chi connectivity index (χ1n) is 5.84. The summed E-state index contributed by atoms with van der Waals surface area (Å²) in [5, 5.41) is 11.6. The highest BCUT2D eigenvalue weighted by molar-refractivity contribution is 5.67. The molecule has 0 aliphatic rings. The molecule has 0 heterocycles. The van der Waals surface area contributed by atoms with Crippen LogP contribution in [0.3, 0.4) is 0 Å². The van der Waals surface area contributed by atoms with Crippen molar-refractivity contribution < 1.29 is 14.6 Å². The molecular weight excluding hydrogens is 218 g/mol. The molecule has 0 aromatic heterocycles. The number of carbonyl (C=O) groups is 1. The van der Waals surface area contributed by atoms with E-state index < -0.39 is 6.09 Å². The standard InChI is InChI=1S/C13H19NO3/c1-2-6-12(9-15)14-13(16)17-10-11-7-4-3-5-8-11/h3-5,7-8,12,15H,2,6,9-10H2,1H3,(H,14,16)/t12-/m0/s1. The number of benzene rings is 1. The maximum absolute atomic E-state index is 11.4. The average Bonchev–Trinajstić information content (AvgIpc) is 2.37. The van der Waals surface area contributed by atoms with Gasteiger partial charge in [0.05, 0.1) is 12.6 Å². The Morgan fingerprint density at radius 1 is 1.41 bits per heavy atom. The zero-order valence-electron chi connectivity index (χ0n) is 10.1. The third-order valence-corrected chi connectivity index (χ3v) is 2.39. The minimum Gasteiger partial charge on any atom is -0.445 e. The van der Waals surface area contributed by atoms with Crippen LogP contribution in [-0.4, -0.2) is 23.8 Å². The van der Waals surface area contributed by atoms with Crippen LogP contribution < -0.4 is 5.32 Å². The van der Waals surface area contributed by atoms with Crippen molar-refractivity contribution in [2.24, 2.45) is 0 Å². The Morgan fingerprint density at radius 2 is 2.12 bits per heavy atom. The maximum Gasteiger partial charge on any atom is 0.407 e. The molecule has 4 nitrogen and oxygen atoms in total. The summed E-state index contributed by atoms with van der Waals surface area (Å²) in [5.41, 5.74) is 0.943. The summed E-state index contributed by atoms with van der Waals surface area (Å²) in [7, 11) is 0. The lowest BCUT2D eigenvalue weighted by atomic mass is 10.2. The molecule has 1 atom stereocenters. The van der Waals surface area contributed by atoms with Gasteiger partial charge in [-0.2, -0.15) is 0 Å². The molecule has 0 unspecified atom stereocenters. The molecule has 0 fully saturated rings. The molecule has 0 aliphatic carbocycles. The van der Waals surface area contributed by atoms with Gasteiger partial charge in [0.15, 0.2) is 0 Å². The van der Waals surface area contributed by atoms with Gasteiger partial charge < -0.3 is 15.2 Å². The first kappa shape index (κ1) is 13.5. The largest absolute Gasteiger partial charge is 0.445 e. The third kappa shape index (κ3) is 5.36. The summed E-state index contributed by atoms with van der Waals surface area (Å²) >= 11 is 0. The number of alkyl carbamates (subject to hydrolysis) is 1. The van der Waals surface area contributed by atoms with E-state index >= 15 is 0 Å². The van der Waals surface area contributed by atoms with Gasteiger partial charge in [-0.3, -0.25) is 0 Å². The van der Waals surface area contributed by atoms with Crippen LogP contribution in [0.4, 0.5) is 4.79 Å². The van der Waals surface area contributed by atoms with E-state index in [0.717, 1.165) is 18.4 Å². The molecule has 1 amide bonds. The number of ether oxygens (including phenoxy) is 1. The minimum absolute atomic E-state index is 0.0612. The van der Waals surface area contributed by atoms with Gasteiger partial charge in [-0.1, -0.05) is 43.7 Å². The van der Waals surface area contributed by atoms with E-state index in [1.807, 2.05) is 37.3 Å². The van der Waals surface area contributed by atoms with Gasteiger partial charge in [0.25, 0.3) is 0 Å². The third-order valence-electron chi connectivity index (χ3n) is 2.39. The van der Waals surface area contributed by atoms with Crippen molar-refractivity contribution in [3.05, 3.63) is 35.9 Å². The van der Waals surface area contributed by atoms with Crippen molar-refractivity contribution in [3.8, 4) is 0 Å². The van der Waals surface area contributed by atoms with Crippen molar-refractivity contribution in [2.75, 3.05) is 6.61 Å². The number of hydrogen-bond acceptors (Lipinski definition) is 3. The SMILES string of the molecule is CCC[C@@H](CO)NC(=O)OCc1ccccc1. The number of aliphatic hydroxyl groups excluding tert-OH is 1. The summed E-state index contributed by atoms with van der Waals surface area (Å²) in [6.45, 7) is 2.19. The van der Waals surface area contributed by atoms with Crippen LogP contribution in [0.2, 0.25) is 0 Å². The normalized spacial score (nSPS) is 11.9. The Balaban J connectivity index is 2.30. The van der Waals surface area contributed by atoms with Crippen LogP contribution in [0.5, 0.6) is 0 Å². The van der Waals surface area contributed by atoms with Gasteiger partial charge in [0, 0.05) is 0 Å². The number of hydrogen-bond donors (Lipinski definition) is 2. The van der Waals surface area contributed by atoms with Gasteiger partial charge in [-0.15, -0.1) is 0 Å². The predicted octanol–water partition coefficient (Wildman–Crippen LogP) is 2.07. The van der Waals surface area contributed by atoms with Crippen LogP contribution in [0.1, 0.15) is 25.3 Å². The lowest BCUT2D eigenvalue weighted by Gasteiger charge is -2.15. The van der Waals surface area contributed by atoms with Crippen molar-refractivity contribution >= 4 is 6.09 Å². The Morgan fingerprint density at radius 3 is 2.71 bits per heavy atom. The highest BCUT2D eigenvalue weighted by atomic mass is 16.5. The van der Waals surface area contributed by atoms with Crippen LogP contribution >= 0.6 is 0 Å². The number of rotatable bonds is 6.